The second-order valence-corrected chi connectivity index (χ2v) is 5.18. The van der Waals surface area contributed by atoms with Gasteiger partial charge in [0.05, 0.1) is 17.6 Å². The van der Waals surface area contributed by atoms with E-state index in [1.165, 1.54) is 4.90 Å². The second kappa shape index (κ2) is 4.57. The van der Waals surface area contributed by atoms with Gasteiger partial charge in [-0.1, -0.05) is 12.1 Å². The lowest BCUT2D eigenvalue weighted by Crippen LogP contribution is -2.31. The van der Waals surface area contributed by atoms with Crippen LogP contribution in [0, 0.1) is 5.92 Å². The molecule has 1 aromatic carbocycles. The van der Waals surface area contributed by atoms with Crippen molar-refractivity contribution < 1.29 is 9.90 Å². The Balaban J connectivity index is 1.86. The highest BCUT2D eigenvalue weighted by atomic mass is 16.4. The van der Waals surface area contributed by atoms with Crippen molar-refractivity contribution in [2.75, 3.05) is 6.54 Å². The number of amides is 1. The summed E-state index contributed by atoms with van der Waals surface area (Å²) in [7, 11) is 1.93. The molecule has 5 heteroatoms. The Bertz CT molecular complexity index is 616. The summed E-state index contributed by atoms with van der Waals surface area (Å²) in [5.74, 6) is 1.34. The van der Waals surface area contributed by atoms with Gasteiger partial charge in [0.25, 0.3) is 0 Å². The molecule has 0 bridgehead atoms. The molecule has 19 heavy (non-hydrogen) atoms. The Morgan fingerprint density at radius 2 is 2.21 bits per heavy atom. The number of nitrogens with zero attached hydrogens (tertiary/aromatic N) is 3. The Hall–Kier alpha value is -2.04. The minimum Gasteiger partial charge on any atom is -0.465 e. The van der Waals surface area contributed by atoms with Crippen molar-refractivity contribution in [3.8, 4) is 0 Å². The van der Waals surface area contributed by atoms with Crippen molar-refractivity contribution in [2.24, 2.45) is 13.0 Å². The summed E-state index contributed by atoms with van der Waals surface area (Å²) in [5, 5.41) is 9.27. The molecule has 0 radical (unpaired) electrons. The molecule has 1 aliphatic rings. The normalized spacial score (nSPS) is 14.8. The number of hydrogen-bond acceptors (Lipinski definition) is 2. The number of carbonyl (C=O) groups is 1. The standard InChI is InChI=1S/C14H17N3O2/c1-16-12-5-3-2-4-11(12)15-13(16)9-17(14(18)19)8-10-6-7-10/h2-5,10H,6-9H2,1H3,(H,18,19). The molecule has 2 aromatic rings. The number of aromatic nitrogens is 2. The van der Waals surface area contributed by atoms with E-state index in [4.69, 9.17) is 0 Å². The van der Waals surface area contributed by atoms with Crippen molar-refractivity contribution in [1.82, 2.24) is 14.5 Å². The average Bonchev–Trinajstić information content (AvgIpc) is 3.15. The Morgan fingerprint density at radius 3 is 2.84 bits per heavy atom. The molecule has 1 saturated carbocycles. The van der Waals surface area contributed by atoms with Crippen LogP contribution in [-0.2, 0) is 13.6 Å². The van der Waals surface area contributed by atoms with Crippen LogP contribution >= 0.6 is 0 Å². The molecule has 1 heterocycles. The van der Waals surface area contributed by atoms with Gasteiger partial charge in [0.2, 0.25) is 0 Å². The maximum atomic E-state index is 11.3. The molecule has 0 saturated heterocycles. The molecule has 5 nitrogen and oxygen atoms in total. The zero-order valence-corrected chi connectivity index (χ0v) is 10.9. The van der Waals surface area contributed by atoms with Crippen LogP contribution in [0.5, 0.6) is 0 Å². The summed E-state index contributed by atoms with van der Waals surface area (Å²) in [6, 6.07) is 7.86. The van der Waals surface area contributed by atoms with Crippen LogP contribution in [0.15, 0.2) is 24.3 Å². The van der Waals surface area contributed by atoms with E-state index in [0.29, 0.717) is 19.0 Å². The molecule has 0 spiro atoms. The summed E-state index contributed by atoms with van der Waals surface area (Å²) in [5.41, 5.74) is 1.95. The summed E-state index contributed by atoms with van der Waals surface area (Å²) in [4.78, 5) is 17.3. The Kier molecular flexibility index (Phi) is 2.89. The SMILES string of the molecule is Cn1c(CN(CC2CC2)C(=O)O)nc2ccccc21. The third-order valence-electron chi connectivity index (χ3n) is 3.66. The van der Waals surface area contributed by atoms with Gasteiger partial charge in [-0.25, -0.2) is 9.78 Å². The largest absolute Gasteiger partial charge is 0.465 e. The number of imidazole rings is 1. The fourth-order valence-corrected chi connectivity index (χ4v) is 2.33. The second-order valence-electron chi connectivity index (χ2n) is 5.18. The van der Waals surface area contributed by atoms with Gasteiger partial charge in [0, 0.05) is 13.6 Å². The van der Waals surface area contributed by atoms with Crippen molar-refractivity contribution in [2.45, 2.75) is 19.4 Å². The van der Waals surface area contributed by atoms with E-state index in [2.05, 4.69) is 4.98 Å². The molecule has 0 unspecified atom stereocenters. The van der Waals surface area contributed by atoms with Crippen molar-refractivity contribution in [1.29, 1.82) is 0 Å². The minimum atomic E-state index is -0.862. The fourth-order valence-electron chi connectivity index (χ4n) is 2.33. The Morgan fingerprint density at radius 1 is 1.47 bits per heavy atom. The average molecular weight is 259 g/mol. The fraction of sp³-hybridized carbons (Fsp3) is 0.429. The van der Waals surface area contributed by atoms with Gasteiger partial charge in [-0.2, -0.15) is 0 Å². The molecule has 1 aromatic heterocycles. The van der Waals surface area contributed by atoms with E-state index < -0.39 is 6.09 Å². The quantitative estimate of drug-likeness (QED) is 0.917. The predicted molar refractivity (Wildman–Crippen MR) is 71.9 cm³/mol. The summed E-state index contributed by atoms with van der Waals surface area (Å²) in [6.45, 7) is 0.982. The molecule has 1 aliphatic carbocycles. The topological polar surface area (TPSA) is 58.4 Å². The third kappa shape index (κ3) is 2.41. The van der Waals surface area contributed by atoms with Gasteiger partial charge >= 0.3 is 6.09 Å². The zero-order chi connectivity index (χ0) is 13.4. The number of para-hydroxylation sites is 2. The highest BCUT2D eigenvalue weighted by Crippen LogP contribution is 2.30. The molecule has 1 N–H and O–H groups in total. The molecule has 0 aliphatic heterocycles. The number of hydrogen-bond donors (Lipinski definition) is 1. The minimum absolute atomic E-state index is 0.358. The molecular weight excluding hydrogens is 242 g/mol. The summed E-state index contributed by atoms with van der Waals surface area (Å²) >= 11 is 0. The lowest BCUT2D eigenvalue weighted by molar-refractivity contribution is 0.138. The van der Waals surface area contributed by atoms with Crippen LogP contribution in [0.3, 0.4) is 0 Å². The molecule has 1 amide bonds. The van der Waals surface area contributed by atoms with Gasteiger partial charge in [0.15, 0.2) is 0 Å². The van der Waals surface area contributed by atoms with Crippen LogP contribution in [0.25, 0.3) is 11.0 Å². The van der Waals surface area contributed by atoms with Crippen molar-refractivity contribution in [3.05, 3.63) is 30.1 Å². The monoisotopic (exact) mass is 259 g/mol. The first kappa shape index (κ1) is 12.0. The van der Waals surface area contributed by atoms with Crippen LogP contribution in [0.2, 0.25) is 0 Å². The lowest BCUT2D eigenvalue weighted by Gasteiger charge is -2.18. The van der Waals surface area contributed by atoms with Crippen molar-refractivity contribution >= 4 is 17.1 Å². The van der Waals surface area contributed by atoms with Crippen LogP contribution in [0.4, 0.5) is 4.79 Å². The highest BCUT2D eigenvalue weighted by Gasteiger charge is 2.27. The van der Waals surface area contributed by atoms with Gasteiger partial charge in [-0.05, 0) is 30.9 Å². The van der Waals surface area contributed by atoms with Crippen LogP contribution < -0.4 is 0 Å². The molecule has 100 valence electrons. The zero-order valence-electron chi connectivity index (χ0n) is 10.9. The summed E-state index contributed by atoms with van der Waals surface area (Å²) in [6.07, 6.45) is 1.43. The summed E-state index contributed by atoms with van der Waals surface area (Å²) < 4.78 is 1.97. The first-order valence-corrected chi connectivity index (χ1v) is 6.53. The third-order valence-corrected chi connectivity index (χ3v) is 3.66. The van der Waals surface area contributed by atoms with Gasteiger partial charge in [-0.3, -0.25) is 0 Å². The van der Waals surface area contributed by atoms with Crippen molar-refractivity contribution in [3.63, 3.8) is 0 Å². The van der Waals surface area contributed by atoms with Gasteiger partial charge < -0.3 is 14.6 Å². The predicted octanol–water partition coefficient (Wildman–Crippen LogP) is 2.46. The first-order valence-electron chi connectivity index (χ1n) is 6.53. The van der Waals surface area contributed by atoms with E-state index in [1.807, 2.05) is 35.9 Å². The maximum Gasteiger partial charge on any atom is 0.407 e. The lowest BCUT2D eigenvalue weighted by atomic mass is 10.3. The van der Waals surface area contributed by atoms with Crippen LogP contribution in [0.1, 0.15) is 18.7 Å². The van der Waals surface area contributed by atoms with E-state index in [0.717, 1.165) is 29.7 Å². The maximum absolute atomic E-state index is 11.3. The molecular formula is C14H17N3O2. The van der Waals surface area contributed by atoms with E-state index in [1.54, 1.807) is 0 Å². The van der Waals surface area contributed by atoms with Gasteiger partial charge in [-0.15, -0.1) is 0 Å². The molecule has 1 fully saturated rings. The van der Waals surface area contributed by atoms with E-state index in [-0.39, 0.29) is 0 Å². The van der Waals surface area contributed by atoms with E-state index in [9.17, 15) is 9.90 Å². The number of carboxylic acid groups (broad SMARTS) is 1. The number of fused-ring (bicyclic) bond motifs is 1. The smallest absolute Gasteiger partial charge is 0.407 e. The number of rotatable bonds is 4. The number of benzene rings is 1. The van der Waals surface area contributed by atoms with Crippen LogP contribution in [-0.4, -0.2) is 32.2 Å². The molecule has 0 atom stereocenters. The Labute approximate surface area is 111 Å². The first-order chi connectivity index (χ1) is 9.15. The van der Waals surface area contributed by atoms with Gasteiger partial charge in [0.1, 0.15) is 5.82 Å². The molecule has 3 rings (SSSR count). The number of aryl methyl sites for hydroxylation is 1. The highest BCUT2D eigenvalue weighted by molar-refractivity contribution is 5.75. The van der Waals surface area contributed by atoms with E-state index >= 15 is 0 Å².